The molecule has 1 saturated heterocycles. The fourth-order valence-electron chi connectivity index (χ4n) is 3.37. The highest BCUT2D eigenvalue weighted by molar-refractivity contribution is 7.11. The minimum absolute atomic E-state index is 0.602. The van der Waals surface area contributed by atoms with Crippen molar-refractivity contribution in [2.75, 3.05) is 19.7 Å². The van der Waals surface area contributed by atoms with Gasteiger partial charge in [0.1, 0.15) is 5.69 Å². The second-order valence-corrected chi connectivity index (χ2v) is 8.67. The smallest absolute Gasteiger partial charge is 0.108 e. The average Bonchev–Trinajstić information content (AvgIpc) is 2.93. The number of hydrogen-bond donors (Lipinski definition) is 0. The van der Waals surface area contributed by atoms with E-state index in [1.165, 1.54) is 35.6 Å². The number of thiophene rings is 1. The zero-order chi connectivity index (χ0) is 16.4. The van der Waals surface area contributed by atoms with E-state index >= 15 is 0 Å². The Kier molecular flexibility index (Phi) is 4.96. The topological polar surface area (TPSA) is 43.2 Å². The van der Waals surface area contributed by atoms with Crippen LogP contribution in [0.1, 0.15) is 34.7 Å². The first-order valence-corrected chi connectivity index (χ1v) is 9.80. The van der Waals surface area contributed by atoms with E-state index in [4.69, 9.17) is 4.74 Å². The second-order valence-electron chi connectivity index (χ2n) is 7.29. The third kappa shape index (κ3) is 4.43. The Balaban J connectivity index is 1.21. The van der Waals surface area contributed by atoms with Gasteiger partial charge in [0.05, 0.1) is 12.8 Å². The lowest BCUT2D eigenvalue weighted by molar-refractivity contribution is 0.108. The Labute approximate surface area is 147 Å². The van der Waals surface area contributed by atoms with E-state index in [1.54, 1.807) is 0 Å². The fraction of sp³-hybridized carbons (Fsp3) is 0.667. The Hall–Kier alpha value is -1.24. The predicted molar refractivity (Wildman–Crippen MR) is 94.8 cm³/mol. The standard InChI is InChI=1S/C18H26N4OS/c1-14-2-5-18(24-14)11-21-7-6-16(8-21)9-22-10-17(19-20-22)13-23-12-15-3-4-15/h2,5,10,15-16H,3-4,6-9,11-13H2,1H3. The Bertz CT molecular complexity index is 664. The summed E-state index contributed by atoms with van der Waals surface area (Å²) in [5.74, 6) is 1.48. The number of rotatable bonds is 8. The molecule has 5 nitrogen and oxygen atoms in total. The van der Waals surface area contributed by atoms with Crippen LogP contribution < -0.4 is 0 Å². The number of aryl methyl sites for hydroxylation is 1. The summed E-state index contributed by atoms with van der Waals surface area (Å²) in [6.07, 6.45) is 5.96. The molecule has 0 spiro atoms. The van der Waals surface area contributed by atoms with Crippen LogP contribution in [0, 0.1) is 18.8 Å². The molecule has 2 aromatic rings. The largest absolute Gasteiger partial charge is 0.375 e. The van der Waals surface area contributed by atoms with Gasteiger partial charge < -0.3 is 4.74 Å². The summed E-state index contributed by atoms with van der Waals surface area (Å²) in [5, 5.41) is 8.52. The first kappa shape index (κ1) is 16.2. The maximum absolute atomic E-state index is 5.69. The highest BCUT2D eigenvalue weighted by atomic mass is 32.1. The second kappa shape index (κ2) is 7.33. The van der Waals surface area contributed by atoms with Crippen LogP contribution in [-0.4, -0.2) is 39.6 Å². The van der Waals surface area contributed by atoms with Gasteiger partial charge in [0.15, 0.2) is 0 Å². The molecule has 0 radical (unpaired) electrons. The number of ether oxygens (including phenoxy) is 1. The van der Waals surface area contributed by atoms with E-state index in [1.807, 2.05) is 16.0 Å². The molecule has 4 rings (SSSR count). The van der Waals surface area contributed by atoms with Gasteiger partial charge in [-0.3, -0.25) is 9.58 Å². The van der Waals surface area contributed by atoms with Crippen molar-refractivity contribution in [1.82, 2.24) is 19.9 Å². The Morgan fingerprint density at radius 1 is 1.25 bits per heavy atom. The van der Waals surface area contributed by atoms with Crippen LogP contribution in [0.15, 0.2) is 18.3 Å². The van der Waals surface area contributed by atoms with Crippen molar-refractivity contribution < 1.29 is 4.74 Å². The maximum Gasteiger partial charge on any atom is 0.108 e. The van der Waals surface area contributed by atoms with Crippen molar-refractivity contribution in [3.05, 3.63) is 33.8 Å². The molecular formula is C18H26N4OS. The van der Waals surface area contributed by atoms with Crippen LogP contribution in [0.25, 0.3) is 0 Å². The number of likely N-dealkylation sites (tertiary alicyclic amines) is 1. The summed E-state index contributed by atoms with van der Waals surface area (Å²) in [5.41, 5.74) is 0.958. The zero-order valence-electron chi connectivity index (χ0n) is 14.4. The van der Waals surface area contributed by atoms with E-state index in [0.29, 0.717) is 12.5 Å². The van der Waals surface area contributed by atoms with Crippen LogP contribution in [-0.2, 0) is 24.4 Å². The molecule has 2 aliphatic rings. The normalized spacial score (nSPS) is 21.6. The van der Waals surface area contributed by atoms with E-state index in [2.05, 4.69) is 40.5 Å². The van der Waals surface area contributed by atoms with E-state index in [-0.39, 0.29) is 0 Å². The van der Waals surface area contributed by atoms with E-state index in [0.717, 1.165) is 37.9 Å². The van der Waals surface area contributed by atoms with Crippen molar-refractivity contribution in [3.63, 3.8) is 0 Å². The lowest BCUT2D eigenvalue weighted by Crippen LogP contribution is -2.21. The summed E-state index contributed by atoms with van der Waals surface area (Å²) < 4.78 is 7.69. The van der Waals surface area contributed by atoms with Crippen LogP contribution in [0.2, 0.25) is 0 Å². The maximum atomic E-state index is 5.69. The quantitative estimate of drug-likeness (QED) is 0.737. The molecule has 1 aliphatic heterocycles. The molecule has 6 heteroatoms. The van der Waals surface area contributed by atoms with Crippen LogP contribution in [0.4, 0.5) is 0 Å². The fourth-order valence-corrected chi connectivity index (χ4v) is 4.30. The molecule has 1 unspecified atom stereocenters. The van der Waals surface area contributed by atoms with Crippen molar-refractivity contribution in [2.24, 2.45) is 11.8 Å². The van der Waals surface area contributed by atoms with Gasteiger partial charge in [0, 0.05) is 36.0 Å². The van der Waals surface area contributed by atoms with Gasteiger partial charge >= 0.3 is 0 Å². The predicted octanol–water partition coefficient (Wildman–Crippen LogP) is 3.10. The molecule has 0 amide bonds. The summed E-state index contributed by atoms with van der Waals surface area (Å²) in [6, 6.07) is 4.48. The monoisotopic (exact) mass is 346 g/mol. The van der Waals surface area contributed by atoms with Gasteiger partial charge in [0.25, 0.3) is 0 Å². The molecule has 24 heavy (non-hydrogen) atoms. The van der Waals surface area contributed by atoms with E-state index < -0.39 is 0 Å². The van der Waals surface area contributed by atoms with Crippen LogP contribution in [0.3, 0.4) is 0 Å². The van der Waals surface area contributed by atoms with Gasteiger partial charge in [0.2, 0.25) is 0 Å². The van der Waals surface area contributed by atoms with Gasteiger partial charge in [-0.1, -0.05) is 5.21 Å². The van der Waals surface area contributed by atoms with Gasteiger partial charge in [-0.2, -0.15) is 0 Å². The summed E-state index contributed by atoms with van der Waals surface area (Å²) in [6.45, 7) is 8.06. The number of hydrogen-bond acceptors (Lipinski definition) is 5. The summed E-state index contributed by atoms with van der Waals surface area (Å²) in [4.78, 5) is 5.44. The average molecular weight is 347 g/mol. The lowest BCUT2D eigenvalue weighted by Gasteiger charge is -2.14. The van der Waals surface area contributed by atoms with Gasteiger partial charge in [-0.15, -0.1) is 16.4 Å². The van der Waals surface area contributed by atoms with Crippen LogP contribution in [0.5, 0.6) is 0 Å². The molecule has 2 fully saturated rings. The van der Waals surface area contributed by atoms with Crippen molar-refractivity contribution in [2.45, 2.75) is 45.9 Å². The third-order valence-corrected chi connectivity index (χ3v) is 5.86. The minimum Gasteiger partial charge on any atom is -0.375 e. The van der Waals surface area contributed by atoms with Crippen LogP contribution >= 0.6 is 11.3 Å². The van der Waals surface area contributed by atoms with E-state index in [9.17, 15) is 0 Å². The first-order chi connectivity index (χ1) is 11.7. The minimum atomic E-state index is 0.602. The SMILES string of the molecule is Cc1ccc(CN2CCC(Cn3cc(COCC4CC4)nn3)C2)s1. The first-order valence-electron chi connectivity index (χ1n) is 8.99. The molecule has 0 N–H and O–H groups in total. The molecule has 2 aromatic heterocycles. The summed E-state index contributed by atoms with van der Waals surface area (Å²) in [7, 11) is 0. The molecular weight excluding hydrogens is 320 g/mol. The summed E-state index contributed by atoms with van der Waals surface area (Å²) >= 11 is 1.91. The molecule has 1 atom stereocenters. The molecule has 3 heterocycles. The molecule has 1 aliphatic carbocycles. The molecule has 0 aromatic carbocycles. The molecule has 130 valence electrons. The van der Waals surface area contributed by atoms with Crippen molar-refractivity contribution in [1.29, 1.82) is 0 Å². The van der Waals surface area contributed by atoms with Gasteiger partial charge in [-0.05, 0) is 56.7 Å². The van der Waals surface area contributed by atoms with Crippen molar-refractivity contribution in [3.8, 4) is 0 Å². The number of nitrogens with zero attached hydrogens (tertiary/aromatic N) is 4. The zero-order valence-corrected chi connectivity index (χ0v) is 15.2. The Morgan fingerprint density at radius 3 is 2.96 bits per heavy atom. The lowest BCUT2D eigenvalue weighted by atomic mass is 10.1. The highest BCUT2D eigenvalue weighted by Crippen LogP contribution is 2.29. The number of aromatic nitrogens is 3. The molecule has 0 bridgehead atoms. The Morgan fingerprint density at radius 2 is 2.17 bits per heavy atom. The van der Waals surface area contributed by atoms with Crippen molar-refractivity contribution >= 4 is 11.3 Å². The third-order valence-electron chi connectivity index (χ3n) is 4.88. The van der Waals surface area contributed by atoms with Gasteiger partial charge in [-0.25, -0.2) is 0 Å². The molecule has 1 saturated carbocycles. The highest BCUT2D eigenvalue weighted by Gasteiger charge is 2.24.